The molecule has 0 radical (unpaired) electrons. The van der Waals surface area contributed by atoms with Crippen molar-refractivity contribution >= 4 is 27.9 Å². The molecule has 6 heteroatoms. The van der Waals surface area contributed by atoms with Crippen LogP contribution >= 0.6 is 11.3 Å². The highest BCUT2D eigenvalue weighted by atomic mass is 32.1. The summed E-state index contributed by atoms with van der Waals surface area (Å²) in [5.74, 6) is -0.0333. The van der Waals surface area contributed by atoms with Crippen molar-refractivity contribution in [1.82, 2.24) is 4.90 Å². The summed E-state index contributed by atoms with van der Waals surface area (Å²) in [5.41, 5.74) is 6.53. The number of nitrogens with two attached hydrogens (primary N) is 1. The van der Waals surface area contributed by atoms with Gasteiger partial charge in [0.2, 0.25) is 0 Å². The molecule has 106 valence electrons. The summed E-state index contributed by atoms with van der Waals surface area (Å²) in [4.78, 5) is 16.4. The Hall–Kier alpha value is -1.27. The molecule has 1 unspecified atom stereocenters. The van der Waals surface area contributed by atoms with Gasteiger partial charge >= 0.3 is 0 Å². The molecule has 1 saturated heterocycles. The maximum atomic E-state index is 12.0. The van der Waals surface area contributed by atoms with Crippen LogP contribution < -0.4 is 10.6 Å². The number of ether oxygens (including phenoxy) is 1. The summed E-state index contributed by atoms with van der Waals surface area (Å²) < 4.78 is 5.42. The largest absolute Gasteiger partial charge is 0.397 e. The summed E-state index contributed by atoms with van der Waals surface area (Å²) in [6, 6.07) is 1.90. The normalized spacial score (nSPS) is 19.5. The second-order valence-electron chi connectivity index (χ2n) is 5.01. The molecule has 5 nitrogen and oxygen atoms in total. The van der Waals surface area contributed by atoms with Crippen LogP contribution in [-0.2, 0) is 4.74 Å². The molecule has 1 aliphatic heterocycles. The lowest BCUT2D eigenvalue weighted by molar-refractivity contribution is 0.0833. The minimum absolute atomic E-state index is 0.0333. The number of rotatable bonds is 3. The average molecular weight is 283 g/mol. The number of hydrogen-bond donors (Lipinski definition) is 1. The molecule has 2 rings (SSSR count). The van der Waals surface area contributed by atoms with Gasteiger partial charge in [0, 0.05) is 34.3 Å². The predicted molar refractivity (Wildman–Crippen MR) is 79.0 cm³/mol. The number of piperidine rings is 1. The van der Waals surface area contributed by atoms with Gasteiger partial charge in [0.05, 0.1) is 16.8 Å². The molecule has 1 aliphatic rings. The van der Waals surface area contributed by atoms with E-state index in [9.17, 15) is 4.79 Å². The van der Waals surface area contributed by atoms with E-state index in [-0.39, 0.29) is 12.0 Å². The predicted octanol–water partition coefficient (Wildman–Crippen LogP) is 1.65. The first kappa shape index (κ1) is 14.1. The van der Waals surface area contributed by atoms with Crippen molar-refractivity contribution in [2.75, 3.05) is 44.9 Å². The lowest BCUT2D eigenvalue weighted by Crippen LogP contribution is -2.38. The van der Waals surface area contributed by atoms with Crippen LogP contribution in [0.1, 0.15) is 22.5 Å². The van der Waals surface area contributed by atoms with E-state index in [4.69, 9.17) is 10.5 Å². The quantitative estimate of drug-likeness (QED) is 0.916. The summed E-state index contributed by atoms with van der Waals surface area (Å²) in [6.07, 6.45) is 2.47. The molecule has 0 spiro atoms. The van der Waals surface area contributed by atoms with Gasteiger partial charge in [-0.1, -0.05) is 0 Å². The van der Waals surface area contributed by atoms with Crippen molar-refractivity contribution in [3.8, 4) is 0 Å². The summed E-state index contributed by atoms with van der Waals surface area (Å²) in [5, 5.41) is 1.06. The number of carbonyl (C=O) groups excluding carboxylic acids is 1. The first-order valence-corrected chi connectivity index (χ1v) is 7.23. The van der Waals surface area contributed by atoms with Crippen LogP contribution in [0.3, 0.4) is 0 Å². The fourth-order valence-electron chi connectivity index (χ4n) is 2.25. The van der Waals surface area contributed by atoms with Crippen molar-refractivity contribution in [3.63, 3.8) is 0 Å². The maximum absolute atomic E-state index is 12.0. The number of methoxy groups -OCH3 is 1. The fraction of sp³-hybridized carbons (Fsp3) is 0.615. The van der Waals surface area contributed by atoms with E-state index in [1.54, 1.807) is 26.1 Å². The van der Waals surface area contributed by atoms with Crippen LogP contribution in [0.5, 0.6) is 0 Å². The molecule has 0 bridgehead atoms. The van der Waals surface area contributed by atoms with E-state index in [1.165, 1.54) is 11.3 Å². The molecule has 19 heavy (non-hydrogen) atoms. The van der Waals surface area contributed by atoms with Crippen LogP contribution in [0.2, 0.25) is 0 Å². The Balaban J connectivity index is 2.17. The Morgan fingerprint density at radius 1 is 1.58 bits per heavy atom. The van der Waals surface area contributed by atoms with Crippen molar-refractivity contribution < 1.29 is 9.53 Å². The molecule has 2 N–H and O–H groups in total. The standard InChI is InChI=1S/C13H21N3O2S/c1-15(2)13(17)12-10(14)7-11(19-12)16-6-4-5-9(8-16)18-3/h7,9H,4-6,8,14H2,1-3H3. The highest BCUT2D eigenvalue weighted by Gasteiger charge is 2.23. The molecule has 0 aliphatic carbocycles. The first-order chi connectivity index (χ1) is 9.02. The highest BCUT2D eigenvalue weighted by Crippen LogP contribution is 2.34. The van der Waals surface area contributed by atoms with Gasteiger partial charge in [-0.05, 0) is 18.9 Å². The molecule has 1 amide bonds. The Bertz CT molecular complexity index is 459. The minimum atomic E-state index is -0.0333. The smallest absolute Gasteiger partial charge is 0.265 e. The van der Waals surface area contributed by atoms with E-state index >= 15 is 0 Å². The summed E-state index contributed by atoms with van der Waals surface area (Å²) in [6.45, 7) is 1.86. The number of anilines is 2. The number of thiophene rings is 1. The zero-order valence-corrected chi connectivity index (χ0v) is 12.5. The minimum Gasteiger partial charge on any atom is -0.397 e. The lowest BCUT2D eigenvalue weighted by Gasteiger charge is -2.32. The third kappa shape index (κ3) is 3.01. The molecule has 1 aromatic rings. The van der Waals surface area contributed by atoms with Gasteiger partial charge in [-0.2, -0.15) is 0 Å². The molecule has 2 heterocycles. The van der Waals surface area contributed by atoms with E-state index < -0.39 is 0 Å². The molecular formula is C13H21N3O2S. The third-order valence-corrected chi connectivity index (χ3v) is 4.57. The van der Waals surface area contributed by atoms with Gasteiger partial charge in [0.25, 0.3) is 5.91 Å². The van der Waals surface area contributed by atoms with Gasteiger partial charge in [-0.3, -0.25) is 4.79 Å². The molecule has 1 atom stereocenters. The number of amides is 1. The third-order valence-electron chi connectivity index (χ3n) is 3.37. The van der Waals surface area contributed by atoms with Crippen LogP contribution in [0.25, 0.3) is 0 Å². The van der Waals surface area contributed by atoms with Crippen LogP contribution in [-0.4, -0.2) is 51.2 Å². The van der Waals surface area contributed by atoms with Crippen molar-refractivity contribution in [3.05, 3.63) is 10.9 Å². The lowest BCUT2D eigenvalue weighted by atomic mass is 10.1. The van der Waals surface area contributed by atoms with Gasteiger partial charge in [-0.25, -0.2) is 0 Å². The van der Waals surface area contributed by atoms with E-state index in [0.717, 1.165) is 30.9 Å². The van der Waals surface area contributed by atoms with Crippen molar-refractivity contribution in [2.24, 2.45) is 0 Å². The zero-order chi connectivity index (χ0) is 14.0. The average Bonchev–Trinajstić information content (AvgIpc) is 2.80. The van der Waals surface area contributed by atoms with Crippen LogP contribution in [0.4, 0.5) is 10.7 Å². The van der Waals surface area contributed by atoms with Crippen LogP contribution in [0, 0.1) is 0 Å². The topological polar surface area (TPSA) is 58.8 Å². The molecule has 1 fully saturated rings. The summed E-state index contributed by atoms with van der Waals surface area (Å²) in [7, 11) is 5.23. The van der Waals surface area contributed by atoms with Gasteiger partial charge in [0.15, 0.2) is 0 Å². The van der Waals surface area contributed by atoms with Crippen molar-refractivity contribution in [2.45, 2.75) is 18.9 Å². The maximum Gasteiger partial charge on any atom is 0.265 e. The Morgan fingerprint density at radius 2 is 2.32 bits per heavy atom. The number of carbonyl (C=O) groups is 1. The number of hydrogen-bond acceptors (Lipinski definition) is 5. The van der Waals surface area contributed by atoms with Crippen LogP contribution in [0.15, 0.2) is 6.07 Å². The van der Waals surface area contributed by atoms with Crippen molar-refractivity contribution in [1.29, 1.82) is 0 Å². The second-order valence-corrected chi connectivity index (χ2v) is 6.05. The zero-order valence-electron chi connectivity index (χ0n) is 11.7. The molecule has 1 aromatic heterocycles. The van der Waals surface area contributed by atoms with E-state index in [1.807, 2.05) is 6.07 Å². The van der Waals surface area contributed by atoms with Gasteiger partial charge < -0.3 is 20.3 Å². The molecule has 0 saturated carbocycles. The van der Waals surface area contributed by atoms with E-state index in [2.05, 4.69) is 4.90 Å². The Kier molecular flexibility index (Phi) is 4.31. The molecular weight excluding hydrogens is 262 g/mol. The second kappa shape index (κ2) is 5.79. The first-order valence-electron chi connectivity index (χ1n) is 6.41. The SMILES string of the molecule is COC1CCCN(c2cc(N)c(C(=O)N(C)C)s2)C1. The Labute approximate surface area is 117 Å². The number of nitrogen functional groups attached to an aromatic ring is 1. The fourth-order valence-corrected chi connectivity index (χ4v) is 3.38. The monoisotopic (exact) mass is 283 g/mol. The van der Waals surface area contributed by atoms with E-state index in [0.29, 0.717) is 10.6 Å². The number of nitrogens with zero attached hydrogens (tertiary/aromatic N) is 2. The van der Waals surface area contributed by atoms with Gasteiger partial charge in [0.1, 0.15) is 4.88 Å². The molecule has 0 aromatic carbocycles. The summed E-state index contributed by atoms with van der Waals surface area (Å²) >= 11 is 1.47. The van der Waals surface area contributed by atoms with Gasteiger partial charge in [-0.15, -0.1) is 11.3 Å². The Morgan fingerprint density at radius 3 is 2.95 bits per heavy atom. The highest BCUT2D eigenvalue weighted by molar-refractivity contribution is 7.18.